The molecule has 0 spiro atoms. The summed E-state index contributed by atoms with van der Waals surface area (Å²) in [6, 6.07) is 6.07. The summed E-state index contributed by atoms with van der Waals surface area (Å²) in [5.41, 5.74) is 6.64. The van der Waals surface area contributed by atoms with Crippen LogP contribution in [0.1, 0.15) is 68.4 Å². The van der Waals surface area contributed by atoms with Crippen LogP contribution in [0.25, 0.3) is 0 Å². The van der Waals surface area contributed by atoms with Crippen LogP contribution in [0.2, 0.25) is 0 Å². The zero-order chi connectivity index (χ0) is 22.5. The van der Waals surface area contributed by atoms with Crippen molar-refractivity contribution in [2.24, 2.45) is 17.6 Å². The second kappa shape index (κ2) is 10.4. The molecule has 4 rings (SSSR count). The van der Waals surface area contributed by atoms with E-state index in [0.29, 0.717) is 19.0 Å². The van der Waals surface area contributed by atoms with Crippen LogP contribution < -0.4 is 11.1 Å². The summed E-state index contributed by atoms with van der Waals surface area (Å²) >= 11 is 1.67. The first kappa shape index (κ1) is 22.7. The Balaban J connectivity index is 1.35. The highest BCUT2D eigenvalue weighted by Gasteiger charge is 2.38. The highest BCUT2D eigenvalue weighted by molar-refractivity contribution is 7.15. The zero-order valence-electron chi connectivity index (χ0n) is 18.8. The van der Waals surface area contributed by atoms with Gasteiger partial charge in [0.05, 0.1) is 0 Å². The third-order valence-corrected chi connectivity index (χ3v) is 7.70. The molecule has 0 radical (unpaired) electrons. The van der Waals surface area contributed by atoms with Crippen molar-refractivity contribution in [1.82, 2.24) is 14.9 Å². The maximum absolute atomic E-state index is 13.1. The monoisotopic (exact) mass is 455 g/mol. The molecule has 2 aromatic heterocycles. The number of nitrogens with one attached hydrogen (secondary N) is 1. The topological polar surface area (TPSA) is 101 Å². The van der Waals surface area contributed by atoms with Crippen molar-refractivity contribution in [2.45, 2.75) is 64.2 Å². The molecular formula is C24H33N5O2S. The molecule has 32 heavy (non-hydrogen) atoms. The van der Waals surface area contributed by atoms with E-state index < -0.39 is 0 Å². The number of anilines is 2. The average Bonchev–Trinajstić information content (AvgIpc) is 3.26. The van der Waals surface area contributed by atoms with E-state index in [0.717, 1.165) is 68.0 Å². The number of amides is 2. The van der Waals surface area contributed by atoms with E-state index in [1.165, 1.54) is 4.88 Å². The van der Waals surface area contributed by atoms with Gasteiger partial charge in [0, 0.05) is 47.6 Å². The minimum absolute atomic E-state index is 0.113. The summed E-state index contributed by atoms with van der Waals surface area (Å²) in [5.74, 6) is 0.382. The number of thiazole rings is 1. The number of carbonyl (C=O) groups is 2. The first-order valence-electron chi connectivity index (χ1n) is 11.8. The van der Waals surface area contributed by atoms with E-state index in [1.807, 2.05) is 23.2 Å². The largest absolute Gasteiger partial charge is 0.369 e. The number of carbonyl (C=O) groups excluding carboxylic acids is 2. The lowest BCUT2D eigenvalue weighted by Crippen LogP contribution is -2.46. The molecule has 8 heteroatoms. The van der Waals surface area contributed by atoms with Crippen molar-refractivity contribution in [3.63, 3.8) is 0 Å². The molecule has 2 atom stereocenters. The summed E-state index contributed by atoms with van der Waals surface area (Å²) in [5, 5.41) is 4.21. The molecule has 2 fully saturated rings. The highest BCUT2D eigenvalue weighted by Crippen LogP contribution is 2.34. The lowest BCUT2D eigenvalue weighted by Gasteiger charge is -2.37. The van der Waals surface area contributed by atoms with Gasteiger partial charge in [-0.2, -0.15) is 0 Å². The number of aromatic nitrogens is 2. The van der Waals surface area contributed by atoms with Crippen LogP contribution in [-0.2, 0) is 16.0 Å². The van der Waals surface area contributed by atoms with E-state index in [-0.39, 0.29) is 23.7 Å². The fourth-order valence-corrected chi connectivity index (χ4v) is 5.90. The summed E-state index contributed by atoms with van der Waals surface area (Å²) in [4.78, 5) is 37.4. The normalized spacial score (nSPS) is 22.0. The lowest BCUT2D eigenvalue weighted by atomic mass is 9.77. The quantitative estimate of drug-likeness (QED) is 0.650. The van der Waals surface area contributed by atoms with Crippen molar-refractivity contribution < 1.29 is 9.59 Å². The Morgan fingerprint density at radius 2 is 1.91 bits per heavy atom. The minimum atomic E-state index is -0.325. The maximum atomic E-state index is 13.1. The molecule has 1 aliphatic carbocycles. The molecule has 1 aliphatic heterocycles. The molecule has 172 valence electrons. The van der Waals surface area contributed by atoms with Crippen molar-refractivity contribution in [1.29, 1.82) is 0 Å². The van der Waals surface area contributed by atoms with Crippen molar-refractivity contribution in [3.8, 4) is 0 Å². The van der Waals surface area contributed by atoms with Gasteiger partial charge in [0.1, 0.15) is 5.82 Å². The Labute approximate surface area is 193 Å². The van der Waals surface area contributed by atoms with E-state index in [1.54, 1.807) is 11.3 Å². The van der Waals surface area contributed by atoms with E-state index in [2.05, 4.69) is 23.3 Å². The van der Waals surface area contributed by atoms with Crippen LogP contribution in [-0.4, -0.2) is 39.8 Å². The molecule has 3 heterocycles. The smallest absolute Gasteiger partial charge is 0.226 e. The van der Waals surface area contributed by atoms with E-state index >= 15 is 0 Å². The molecule has 3 N–H and O–H groups in total. The average molecular weight is 456 g/mol. The van der Waals surface area contributed by atoms with E-state index in [9.17, 15) is 9.59 Å². The van der Waals surface area contributed by atoms with Crippen LogP contribution in [0.3, 0.4) is 0 Å². The Bertz CT molecular complexity index is 938. The van der Waals surface area contributed by atoms with E-state index in [4.69, 9.17) is 10.7 Å². The third kappa shape index (κ3) is 5.28. The zero-order valence-corrected chi connectivity index (χ0v) is 19.6. The molecule has 0 bridgehead atoms. The van der Waals surface area contributed by atoms with Gasteiger partial charge in [0.15, 0.2) is 5.13 Å². The highest BCUT2D eigenvalue weighted by atomic mass is 32.1. The first-order valence-corrected chi connectivity index (χ1v) is 12.6. The standard InChI is InChI=1S/C24H33N5O2S/c1-2-6-17-15-26-24(32-17)28-21-10-5-9-20(27-21)16-11-13-29(14-12-16)23(31)19-8-4-3-7-18(19)22(25)30/h5,9-10,15-16,18-19H,2-4,6-8,11-14H2,1H3,(H2,25,30)(H,26,27,28)/t18-,19+/m1/s1. The van der Waals surface area contributed by atoms with Gasteiger partial charge in [0.2, 0.25) is 11.8 Å². The van der Waals surface area contributed by atoms with Crippen LogP contribution in [0, 0.1) is 11.8 Å². The minimum Gasteiger partial charge on any atom is -0.369 e. The molecule has 0 aromatic carbocycles. The number of aryl methyl sites for hydroxylation is 1. The molecular weight excluding hydrogens is 422 g/mol. The second-order valence-electron chi connectivity index (χ2n) is 8.95. The number of likely N-dealkylation sites (tertiary alicyclic amines) is 1. The SMILES string of the molecule is CCCc1cnc(Nc2cccc(C3CCN(C(=O)[C@H]4CCCC[C@H]4C(N)=O)CC3)n2)s1. The van der Waals surface area contributed by atoms with Crippen LogP contribution in [0.4, 0.5) is 10.9 Å². The summed E-state index contributed by atoms with van der Waals surface area (Å²) in [6.07, 6.45) is 9.36. The molecule has 1 saturated heterocycles. The molecule has 2 amide bonds. The predicted octanol–water partition coefficient (Wildman–Crippen LogP) is 4.23. The third-order valence-electron chi connectivity index (χ3n) is 6.73. The van der Waals surface area contributed by atoms with Crippen LogP contribution in [0.15, 0.2) is 24.4 Å². The van der Waals surface area contributed by atoms with Gasteiger partial charge in [-0.3, -0.25) is 9.59 Å². The number of primary amides is 1. The number of nitrogens with zero attached hydrogens (tertiary/aromatic N) is 3. The Hall–Kier alpha value is -2.48. The van der Waals surface area contributed by atoms with Gasteiger partial charge >= 0.3 is 0 Å². The molecule has 1 saturated carbocycles. The van der Waals surface area contributed by atoms with Crippen molar-refractivity contribution in [2.75, 3.05) is 18.4 Å². The number of pyridine rings is 1. The second-order valence-corrected chi connectivity index (χ2v) is 10.1. The van der Waals surface area contributed by atoms with Gasteiger partial charge in [0.25, 0.3) is 0 Å². The fourth-order valence-electron chi connectivity index (χ4n) is 4.98. The fraction of sp³-hybridized carbons (Fsp3) is 0.583. The molecule has 0 unspecified atom stereocenters. The lowest BCUT2D eigenvalue weighted by molar-refractivity contribution is -0.143. The van der Waals surface area contributed by atoms with Gasteiger partial charge in [-0.25, -0.2) is 9.97 Å². The van der Waals surface area contributed by atoms with Crippen molar-refractivity contribution in [3.05, 3.63) is 35.0 Å². The number of piperidine rings is 1. The van der Waals surface area contributed by atoms with Gasteiger partial charge in [-0.05, 0) is 44.2 Å². The number of nitrogens with two attached hydrogens (primary N) is 1. The van der Waals surface area contributed by atoms with Crippen molar-refractivity contribution >= 4 is 34.1 Å². The Kier molecular flexibility index (Phi) is 7.40. The first-order chi connectivity index (χ1) is 15.5. The van der Waals surface area contributed by atoms with Gasteiger partial charge in [-0.15, -0.1) is 11.3 Å². The Morgan fingerprint density at radius 3 is 2.62 bits per heavy atom. The Morgan fingerprint density at radius 1 is 1.16 bits per heavy atom. The molecule has 2 aromatic rings. The number of hydrogen-bond acceptors (Lipinski definition) is 6. The van der Waals surface area contributed by atoms with Gasteiger partial charge < -0.3 is 16.0 Å². The molecule has 2 aliphatic rings. The number of hydrogen-bond donors (Lipinski definition) is 2. The summed E-state index contributed by atoms with van der Waals surface area (Å²) in [7, 11) is 0. The van der Waals surface area contributed by atoms with Crippen LogP contribution in [0.5, 0.6) is 0 Å². The summed E-state index contributed by atoms with van der Waals surface area (Å²) in [6.45, 7) is 3.58. The molecule has 7 nitrogen and oxygen atoms in total. The maximum Gasteiger partial charge on any atom is 0.226 e. The van der Waals surface area contributed by atoms with Gasteiger partial charge in [-0.1, -0.05) is 32.3 Å². The number of rotatable bonds is 7. The predicted molar refractivity (Wildman–Crippen MR) is 127 cm³/mol. The summed E-state index contributed by atoms with van der Waals surface area (Å²) < 4.78 is 0. The van der Waals surface area contributed by atoms with Crippen LogP contribution >= 0.6 is 11.3 Å².